The van der Waals surface area contributed by atoms with Gasteiger partial charge in [0.2, 0.25) is 0 Å². The van der Waals surface area contributed by atoms with E-state index in [1.54, 1.807) is 0 Å². The van der Waals surface area contributed by atoms with Gasteiger partial charge in [0, 0.05) is 5.92 Å². The third-order valence-electron chi connectivity index (χ3n) is 9.51. The topological polar surface area (TPSA) is 80.9 Å². The van der Waals surface area contributed by atoms with E-state index in [1.807, 2.05) is 6.92 Å². The van der Waals surface area contributed by atoms with E-state index in [0.29, 0.717) is 29.4 Å². The van der Waals surface area contributed by atoms with E-state index in [2.05, 4.69) is 43.1 Å². The van der Waals surface area contributed by atoms with Crippen molar-refractivity contribution in [2.45, 2.75) is 111 Å². The second-order valence-corrected chi connectivity index (χ2v) is 12.1. The molecule has 6 nitrogen and oxygen atoms in total. The van der Waals surface area contributed by atoms with Crippen molar-refractivity contribution in [2.75, 3.05) is 0 Å². The quantitative estimate of drug-likeness (QED) is 0.611. The molecule has 0 spiro atoms. The van der Waals surface area contributed by atoms with Crippen LogP contribution in [-0.2, 0) is 11.3 Å². The highest BCUT2D eigenvalue weighted by Gasteiger charge is 2.57. The van der Waals surface area contributed by atoms with Gasteiger partial charge in [-0.25, -0.2) is 0 Å². The number of unbranched alkanes of at least 4 members (excludes halogenated alkanes) is 1. The first-order chi connectivity index (χ1) is 15.1. The van der Waals surface area contributed by atoms with Gasteiger partial charge in [0.1, 0.15) is 6.54 Å². The molecular formula is C26H44N4O2. The van der Waals surface area contributed by atoms with E-state index in [9.17, 15) is 9.90 Å². The Labute approximate surface area is 193 Å². The molecule has 1 aromatic heterocycles. The molecule has 1 heterocycles. The lowest BCUT2D eigenvalue weighted by molar-refractivity contribution is -0.131. The minimum Gasteiger partial charge on any atom is -0.390 e. The molecule has 0 aromatic carbocycles. The summed E-state index contributed by atoms with van der Waals surface area (Å²) < 4.78 is 0. The van der Waals surface area contributed by atoms with Crippen LogP contribution in [0.4, 0.5) is 0 Å². The number of Topliss-reactive ketones (excluding diaryl/α,β-unsaturated/α-hetero) is 1. The third kappa shape index (κ3) is 4.67. The molecular weight excluding hydrogens is 400 g/mol. The fourth-order valence-corrected chi connectivity index (χ4v) is 8.23. The predicted octanol–water partition coefficient (Wildman–Crippen LogP) is 4.99. The summed E-state index contributed by atoms with van der Waals surface area (Å²) in [5.74, 6) is 4.50. The van der Waals surface area contributed by atoms with Crippen LogP contribution in [0.3, 0.4) is 0 Å². The number of aromatic nitrogens is 4. The number of hydrogen-bond donors (Lipinski definition) is 1. The maximum Gasteiger partial charge on any atom is 0.171 e. The van der Waals surface area contributed by atoms with Crippen LogP contribution >= 0.6 is 0 Å². The molecule has 0 bridgehead atoms. The smallest absolute Gasteiger partial charge is 0.171 e. The lowest BCUT2D eigenvalue weighted by Crippen LogP contribution is -2.48. The van der Waals surface area contributed by atoms with E-state index in [1.165, 1.54) is 30.5 Å². The Kier molecular flexibility index (Phi) is 6.82. The lowest BCUT2D eigenvalue weighted by Gasteiger charge is -2.54. The fourth-order valence-electron chi connectivity index (χ4n) is 8.23. The first-order valence-corrected chi connectivity index (χ1v) is 13.1. The van der Waals surface area contributed by atoms with Crippen LogP contribution < -0.4 is 0 Å². The normalized spacial score (nSPS) is 38.7. The average molecular weight is 445 g/mol. The molecule has 8 atom stereocenters. The van der Waals surface area contributed by atoms with Gasteiger partial charge in [-0.05, 0) is 105 Å². The molecule has 4 rings (SSSR count). The maximum atomic E-state index is 13.3. The Morgan fingerprint density at radius 3 is 2.75 bits per heavy atom. The number of rotatable bonds is 8. The van der Waals surface area contributed by atoms with Crippen molar-refractivity contribution in [3.63, 3.8) is 0 Å². The molecule has 3 saturated carbocycles. The molecule has 1 N–H and O–H groups in total. The Morgan fingerprint density at radius 2 is 2.06 bits per heavy atom. The van der Waals surface area contributed by atoms with Gasteiger partial charge in [-0.3, -0.25) is 4.79 Å². The second kappa shape index (κ2) is 9.15. The van der Waals surface area contributed by atoms with Gasteiger partial charge in [-0.2, -0.15) is 4.80 Å². The van der Waals surface area contributed by atoms with Crippen molar-refractivity contribution >= 4 is 5.78 Å². The van der Waals surface area contributed by atoms with Crippen LogP contribution in [0.5, 0.6) is 0 Å². The number of fused-ring (bicyclic) bond motifs is 3. The van der Waals surface area contributed by atoms with Crippen molar-refractivity contribution < 1.29 is 9.90 Å². The van der Waals surface area contributed by atoms with Gasteiger partial charge in [0.15, 0.2) is 11.6 Å². The maximum absolute atomic E-state index is 13.3. The SMILES string of the molecule is CCCCC(C)(O)C[C@H]1C[C@H]2CC[C@]3(C)[C@H](C(=O)Cn4nnc(C)n4)CC[C@H]3[C@@H]2[C@H](C)C1. The number of hydrogen-bond acceptors (Lipinski definition) is 5. The zero-order valence-electron chi connectivity index (χ0n) is 20.9. The van der Waals surface area contributed by atoms with Gasteiger partial charge < -0.3 is 5.11 Å². The summed E-state index contributed by atoms with van der Waals surface area (Å²) in [6, 6.07) is 0. The predicted molar refractivity (Wildman–Crippen MR) is 125 cm³/mol. The molecule has 32 heavy (non-hydrogen) atoms. The van der Waals surface area contributed by atoms with Gasteiger partial charge in [0.05, 0.1) is 5.60 Å². The highest BCUT2D eigenvalue weighted by molar-refractivity contribution is 5.81. The number of carbonyl (C=O) groups is 1. The molecule has 180 valence electrons. The summed E-state index contributed by atoms with van der Waals surface area (Å²) in [5.41, 5.74) is -0.406. The molecule has 0 radical (unpaired) electrons. The monoisotopic (exact) mass is 444 g/mol. The Morgan fingerprint density at radius 1 is 1.28 bits per heavy atom. The van der Waals surface area contributed by atoms with Crippen LogP contribution in [0, 0.1) is 47.8 Å². The highest BCUT2D eigenvalue weighted by Crippen LogP contribution is 2.63. The summed E-state index contributed by atoms with van der Waals surface area (Å²) in [7, 11) is 0. The van der Waals surface area contributed by atoms with Crippen LogP contribution in [0.25, 0.3) is 0 Å². The standard InChI is InChI=1S/C26H44N4O2/c1-6-7-11-25(4,32)15-19-13-17(2)24-20(14-19)10-12-26(5)21(8-9-22(24)26)23(31)16-30-28-18(3)27-29-30/h17,19-22,24,32H,6-16H2,1-5H3/t17-,19-,20-,21+,22+,24-,25?,26-/m1/s1. The van der Waals surface area contributed by atoms with Crippen molar-refractivity contribution in [3.05, 3.63) is 5.82 Å². The average Bonchev–Trinajstić information content (AvgIpc) is 3.28. The molecule has 0 amide bonds. The first-order valence-electron chi connectivity index (χ1n) is 13.1. The van der Waals surface area contributed by atoms with Gasteiger partial charge in [0.25, 0.3) is 0 Å². The van der Waals surface area contributed by atoms with E-state index >= 15 is 0 Å². The van der Waals surface area contributed by atoms with E-state index in [0.717, 1.165) is 50.4 Å². The number of aryl methyl sites for hydroxylation is 1. The van der Waals surface area contributed by atoms with Crippen LogP contribution in [-0.4, -0.2) is 36.7 Å². The Balaban J connectivity index is 1.42. The zero-order valence-corrected chi connectivity index (χ0v) is 20.9. The molecule has 3 aliphatic carbocycles. The molecule has 1 aromatic rings. The summed E-state index contributed by atoms with van der Waals surface area (Å²) in [6.45, 7) is 11.2. The van der Waals surface area contributed by atoms with E-state index in [-0.39, 0.29) is 17.9 Å². The molecule has 1 unspecified atom stereocenters. The van der Waals surface area contributed by atoms with Crippen LogP contribution in [0.1, 0.15) is 97.7 Å². The van der Waals surface area contributed by atoms with Crippen molar-refractivity contribution in [3.8, 4) is 0 Å². The summed E-state index contributed by atoms with van der Waals surface area (Å²) in [6.07, 6.45) is 11.2. The highest BCUT2D eigenvalue weighted by atomic mass is 16.3. The minimum absolute atomic E-state index is 0.113. The molecule has 0 aliphatic heterocycles. The number of carbonyl (C=O) groups excluding carboxylic acids is 1. The zero-order chi connectivity index (χ0) is 23.1. The van der Waals surface area contributed by atoms with Gasteiger partial charge >= 0.3 is 0 Å². The van der Waals surface area contributed by atoms with Crippen molar-refractivity contribution in [1.29, 1.82) is 0 Å². The Bertz CT molecular complexity index is 806. The van der Waals surface area contributed by atoms with Gasteiger partial charge in [-0.15, -0.1) is 10.2 Å². The van der Waals surface area contributed by atoms with E-state index < -0.39 is 5.60 Å². The molecule has 0 saturated heterocycles. The van der Waals surface area contributed by atoms with Crippen molar-refractivity contribution in [1.82, 2.24) is 20.2 Å². The Hall–Kier alpha value is -1.30. The second-order valence-electron chi connectivity index (χ2n) is 12.1. The third-order valence-corrected chi connectivity index (χ3v) is 9.51. The summed E-state index contributed by atoms with van der Waals surface area (Å²) in [4.78, 5) is 14.7. The fraction of sp³-hybridized carbons (Fsp3) is 0.923. The minimum atomic E-state index is -0.519. The van der Waals surface area contributed by atoms with Crippen LogP contribution in [0.2, 0.25) is 0 Å². The van der Waals surface area contributed by atoms with Crippen LogP contribution in [0.15, 0.2) is 0 Å². The number of tetrazole rings is 1. The number of nitrogens with zero attached hydrogens (tertiary/aromatic N) is 4. The largest absolute Gasteiger partial charge is 0.390 e. The summed E-state index contributed by atoms with van der Waals surface area (Å²) in [5, 5.41) is 23.1. The van der Waals surface area contributed by atoms with E-state index in [4.69, 9.17) is 0 Å². The molecule has 3 fully saturated rings. The van der Waals surface area contributed by atoms with Gasteiger partial charge in [-0.1, -0.05) is 33.6 Å². The number of aliphatic hydroxyl groups is 1. The molecule has 3 aliphatic rings. The first kappa shape index (κ1) is 23.8. The lowest BCUT2D eigenvalue weighted by atomic mass is 9.51. The van der Waals surface area contributed by atoms with Crippen molar-refractivity contribution in [2.24, 2.45) is 40.9 Å². The summed E-state index contributed by atoms with van der Waals surface area (Å²) >= 11 is 0. The molecule has 6 heteroatoms. The number of ketones is 1.